The Balaban J connectivity index is 0.000000169. The number of rotatable bonds is 19. The Bertz CT molecular complexity index is 5960. The molecule has 8 aliphatic heterocycles. The van der Waals surface area contributed by atoms with Gasteiger partial charge in [-0.15, -0.1) is 0 Å². The Morgan fingerprint density at radius 3 is 0.884 bits per heavy atom. The predicted octanol–water partition coefficient (Wildman–Crippen LogP) is 24.7. The second-order valence-corrected chi connectivity index (χ2v) is 60.1. The van der Waals surface area contributed by atoms with Crippen molar-refractivity contribution in [1.82, 2.24) is 19.6 Å². The van der Waals surface area contributed by atoms with E-state index in [0.717, 1.165) is 63.2 Å². The average Bonchev–Trinajstić information content (AvgIpc) is 0.769. The zero-order valence-electron chi connectivity index (χ0n) is 85.4. The molecule has 8 heterocycles. The van der Waals surface area contributed by atoms with Crippen LogP contribution in [0.4, 0.5) is 49.9 Å². The van der Waals surface area contributed by atoms with Crippen molar-refractivity contribution in [3.8, 4) is 47.3 Å². The third kappa shape index (κ3) is 29.0. The number of aryl methyl sites for hydroxylation is 3. The van der Waals surface area contributed by atoms with Crippen LogP contribution in [0.3, 0.4) is 0 Å². The van der Waals surface area contributed by atoms with E-state index in [1.807, 2.05) is 45.0 Å². The standard InChI is InChI=1S/C29H33ClFN3O4.C27H28BrClFN3O4.2C24H25ClFN3O2.4C2H5.Sn/c1-5-20-14-24-23(15-22(20)30)34(27(36)38-28(2,3)4)17-25(37-24)26(35)33-12-10-29(18-32,11-13-33)16-19-6-8-21(31)9-7-19;1-26(2,3)37-25(35)33-15-23(36-22-12-19(28)20(29)13-21(22)33)24(34)32-10-8-27(16-31,9-11-32)14-17-4-6-18(30)7-5-17;2*1-2-17-11-21-20(12-19(17)25)28-14-22(31-21)23(30)29-9-7-24(15-27,8-10-29)13-16-3-5-18(26)6-4-16;4*1-2;/h6-9,14-15,25H,5,10-13,16-17H2,1-4H3;4-7,12-13,23H,8-11,14-15H2,1-3H3;2*3-6,11-12,22,28H,2,7-10,13-14H2,1H3;4*1H2,2H3;. The maximum atomic E-state index is 13.6. The molecule has 0 saturated carbocycles. The van der Waals surface area contributed by atoms with Crippen LogP contribution in [-0.2, 0) is 73.6 Å². The van der Waals surface area contributed by atoms with Gasteiger partial charge in [0.25, 0.3) is 23.6 Å². The van der Waals surface area contributed by atoms with Crippen molar-refractivity contribution in [2.75, 3.05) is 99.0 Å². The van der Waals surface area contributed by atoms with Gasteiger partial charge >= 0.3 is 76.0 Å². The van der Waals surface area contributed by atoms with Crippen molar-refractivity contribution >= 4 is 139 Å². The molecule has 8 aromatic rings. The van der Waals surface area contributed by atoms with E-state index in [9.17, 15) is 67.4 Å². The molecule has 34 heteroatoms. The number of anilines is 4. The number of benzene rings is 8. The number of nitrogens with zero attached hydrogens (tertiary/aromatic N) is 10. The number of nitriles is 4. The van der Waals surface area contributed by atoms with Crippen molar-refractivity contribution in [2.24, 2.45) is 21.7 Å². The first-order valence-electron chi connectivity index (χ1n) is 50.3. The van der Waals surface area contributed by atoms with Gasteiger partial charge in [0.1, 0.15) is 57.5 Å². The van der Waals surface area contributed by atoms with Gasteiger partial charge in [-0.2, -0.15) is 21.0 Å². The van der Waals surface area contributed by atoms with Crippen LogP contribution in [0.25, 0.3) is 0 Å². The van der Waals surface area contributed by atoms with E-state index in [-0.39, 0.29) is 60.0 Å². The van der Waals surface area contributed by atoms with Gasteiger partial charge in [0.05, 0.1) is 99.9 Å². The number of ether oxygens (including phenoxy) is 6. The van der Waals surface area contributed by atoms with Crippen molar-refractivity contribution in [3.63, 3.8) is 0 Å². The van der Waals surface area contributed by atoms with Gasteiger partial charge in [-0.05, 0) is 290 Å². The van der Waals surface area contributed by atoms with E-state index >= 15 is 0 Å². The van der Waals surface area contributed by atoms with E-state index in [0.29, 0.717) is 208 Å². The summed E-state index contributed by atoms with van der Waals surface area (Å²) in [6.45, 7) is 30.5. The number of hydrogen-bond acceptors (Lipinski definition) is 18. The predicted molar refractivity (Wildman–Crippen MR) is 567 cm³/mol. The SMILES string of the molecule is CC(C)(C)OC(=O)N1CC(C(=O)N2CCC(C#N)(Cc3ccc(F)cc3)CC2)Oc2cc(Br)c(Cl)cc21.CCc1cc2c(cc1Cl)N(C(=O)OC(C)(C)C)CC(C(=O)N1CCC(C#N)(Cc3ccc(F)cc3)CC1)O2.CCc1cc2c(cc1Cl)NCC(C(=O)N1CCC(C#N)(Cc3ccc(F)cc3)CC1)O2.CCc1cc2c(cc1Cl)NCC(C(=O)N1CCC(C#N)(Cc3ccc(F)cc3)CC1)O2.C[CH2][Sn]([CH2]C)([CH2]C)[CH2]C. The number of hydrogen-bond donors (Lipinski definition) is 2. The summed E-state index contributed by atoms with van der Waals surface area (Å²) in [5.74, 6) is 0.172. The van der Waals surface area contributed by atoms with Crippen LogP contribution in [-0.4, -0.2) is 188 Å². The van der Waals surface area contributed by atoms with Gasteiger partial charge < -0.3 is 58.7 Å². The van der Waals surface area contributed by atoms with Gasteiger partial charge in [0, 0.05) is 71.9 Å². The van der Waals surface area contributed by atoms with E-state index in [4.69, 9.17) is 74.8 Å². The van der Waals surface area contributed by atoms with Gasteiger partial charge in [0.15, 0.2) is 24.4 Å². The fourth-order valence-corrected chi connectivity index (χ4v) is 29.6. The number of nitrogens with one attached hydrogen (secondary N) is 2. The van der Waals surface area contributed by atoms with Crippen LogP contribution in [0.2, 0.25) is 37.8 Å². The molecule has 4 unspecified atom stereocenters. The fraction of sp³-hybridized carbons (Fsp3) is 0.482. The van der Waals surface area contributed by atoms with Crippen molar-refractivity contribution < 1.29 is 74.8 Å². The first kappa shape index (κ1) is 114. The molecule has 4 saturated heterocycles. The van der Waals surface area contributed by atoms with E-state index in [2.05, 4.69) is 78.5 Å². The molecular weight excluding hydrogens is 2120 g/mol. The Labute approximate surface area is 887 Å². The molecule has 0 spiro atoms. The summed E-state index contributed by atoms with van der Waals surface area (Å²) in [7, 11) is 0. The molecule has 16 rings (SSSR count). The minimum atomic E-state index is -1.39. The Morgan fingerprint density at radius 2 is 0.630 bits per heavy atom. The first-order chi connectivity index (χ1) is 69.4. The molecule has 0 radical (unpaired) electrons. The van der Waals surface area contributed by atoms with Gasteiger partial charge in [-0.25, -0.2) is 27.2 Å². The molecule has 2 N–H and O–H groups in total. The molecule has 8 aliphatic rings. The van der Waals surface area contributed by atoms with Crippen LogP contribution < -0.4 is 39.4 Å². The van der Waals surface area contributed by atoms with Crippen molar-refractivity contribution in [3.05, 3.63) is 232 Å². The molecule has 0 bridgehead atoms. The van der Waals surface area contributed by atoms with Crippen LogP contribution in [0, 0.1) is 90.3 Å². The maximum absolute atomic E-state index is 13.6. The van der Waals surface area contributed by atoms with Crippen LogP contribution >= 0.6 is 62.3 Å². The van der Waals surface area contributed by atoms with Crippen LogP contribution in [0.1, 0.15) is 180 Å². The minimum absolute atomic E-state index is 0.0159. The second kappa shape index (κ2) is 49.9. The summed E-state index contributed by atoms with van der Waals surface area (Å²) in [5.41, 5.74) is 5.12. The topological polar surface area (TPSA) is 296 Å². The molecule has 24 nitrogen and oxygen atoms in total. The number of carbonyl (C=O) groups is 6. The Hall–Kier alpha value is -10.9. The summed E-state index contributed by atoms with van der Waals surface area (Å²) in [5, 5.41) is 48.4. The number of amides is 6. The van der Waals surface area contributed by atoms with E-state index in [1.165, 1.54) is 58.3 Å². The first-order valence-corrected chi connectivity index (χ1v) is 60.7. The number of fused-ring (bicyclic) bond motifs is 4. The molecule has 8 aromatic carbocycles. The summed E-state index contributed by atoms with van der Waals surface area (Å²) >= 11 is 27.2. The summed E-state index contributed by atoms with van der Waals surface area (Å²) < 4.78 is 95.2. The number of piperidine rings is 4. The molecule has 146 heavy (non-hydrogen) atoms. The van der Waals surface area contributed by atoms with Gasteiger partial charge in [0.2, 0.25) is 0 Å². The van der Waals surface area contributed by atoms with Crippen molar-refractivity contribution in [1.29, 1.82) is 21.0 Å². The Kier molecular flexibility index (Phi) is 38.9. The van der Waals surface area contributed by atoms with E-state index in [1.54, 1.807) is 152 Å². The quantitative estimate of drug-likeness (QED) is 0.0561. The zero-order valence-corrected chi connectivity index (χ0v) is 92.8. The number of carbonyl (C=O) groups excluding carboxylic acids is 6. The average molecular weight is 2250 g/mol. The van der Waals surface area contributed by atoms with Crippen LogP contribution in [0.5, 0.6) is 23.0 Å². The summed E-state index contributed by atoms with van der Waals surface area (Å²) in [6.07, 6.45) is 4.32. The molecule has 4 atom stereocenters. The summed E-state index contributed by atoms with van der Waals surface area (Å²) in [4.78, 5) is 89.2. The van der Waals surface area contributed by atoms with E-state index < -0.39 is 87.8 Å². The molecule has 4 fully saturated rings. The molecule has 0 aromatic heterocycles. The molecule has 778 valence electrons. The second-order valence-electron chi connectivity index (χ2n) is 41.0. The number of halogens is 9. The third-order valence-electron chi connectivity index (χ3n) is 29.1. The normalized spacial score (nSPS) is 18.7. The zero-order chi connectivity index (χ0) is 106. The number of likely N-dealkylation sites (tertiary alicyclic amines) is 4. The fourth-order valence-electron chi connectivity index (χ4n) is 19.6. The molecule has 0 aliphatic carbocycles. The van der Waals surface area contributed by atoms with Gasteiger partial charge in [-0.1, -0.05) is 116 Å². The van der Waals surface area contributed by atoms with Gasteiger partial charge in [-0.3, -0.25) is 29.0 Å². The third-order valence-corrected chi connectivity index (χ3v) is 48.5. The molecular formula is C112H131BrCl4F4N12O12Sn. The van der Waals surface area contributed by atoms with Crippen LogP contribution in [0.15, 0.2) is 150 Å². The Morgan fingerprint density at radius 1 is 0.384 bits per heavy atom. The van der Waals surface area contributed by atoms with Crippen molar-refractivity contribution in [2.45, 2.75) is 240 Å². The summed E-state index contributed by atoms with van der Waals surface area (Å²) in [6, 6.07) is 48.9. The monoisotopic (exact) mass is 2250 g/mol. The molecule has 6 amide bonds.